The molecule has 0 bridgehead atoms. The molecule has 0 spiro atoms. The zero-order chi connectivity index (χ0) is 11.6. The molecule has 0 radical (unpaired) electrons. The quantitative estimate of drug-likeness (QED) is 0.417. The van der Waals surface area contributed by atoms with Crippen molar-refractivity contribution in [2.24, 2.45) is 0 Å². The number of nitrogens with one attached hydrogen (secondary N) is 2. The minimum Gasteiger partial charge on any atom is -0.269 e. The van der Waals surface area contributed by atoms with Crippen LogP contribution in [0, 0.1) is 0 Å². The first-order valence-electron chi connectivity index (χ1n) is 3.95. The summed E-state index contributed by atoms with van der Waals surface area (Å²) in [7, 11) is -2.29. The van der Waals surface area contributed by atoms with Crippen LogP contribution in [0.2, 0.25) is 0 Å². The molecule has 2 N–H and O–H groups in total. The highest BCUT2D eigenvalue weighted by Crippen LogP contribution is 2.00. The van der Waals surface area contributed by atoms with Gasteiger partial charge in [0.2, 0.25) is 10.0 Å². The number of sulfonamides is 1. The number of hydrogen-bond donors (Lipinski definition) is 2. The Morgan fingerprint density at radius 1 is 1.33 bits per heavy atom. The van der Waals surface area contributed by atoms with Gasteiger partial charge in [-0.3, -0.25) is 19.8 Å². The molecule has 0 aromatic rings. The Balaban J connectivity index is 2.64. The van der Waals surface area contributed by atoms with E-state index in [2.05, 4.69) is 0 Å². The average molecular weight is 235 g/mol. The van der Waals surface area contributed by atoms with Gasteiger partial charge in [-0.2, -0.15) is 0 Å². The molecule has 1 fully saturated rings. The highest BCUT2D eigenvalue weighted by atomic mass is 32.2. The Labute approximate surface area is 85.7 Å². The highest BCUT2D eigenvalue weighted by Gasteiger charge is 2.36. The predicted octanol–water partition coefficient (Wildman–Crippen LogP) is -2.39. The smallest absolute Gasteiger partial charge is 0.269 e. The first kappa shape index (κ1) is 11.6. The van der Waals surface area contributed by atoms with Crippen molar-refractivity contribution in [1.29, 1.82) is 0 Å². The van der Waals surface area contributed by atoms with Gasteiger partial charge >= 0.3 is 17.8 Å². The molecule has 0 aromatic heterocycles. The van der Waals surface area contributed by atoms with Crippen LogP contribution in [0.1, 0.15) is 0 Å². The lowest BCUT2D eigenvalue weighted by atomic mass is 10.5. The van der Waals surface area contributed by atoms with Crippen molar-refractivity contribution in [2.45, 2.75) is 0 Å². The van der Waals surface area contributed by atoms with Crippen LogP contribution in [-0.2, 0) is 19.6 Å². The summed E-state index contributed by atoms with van der Waals surface area (Å²) in [5.74, 6) is -2.51. The SMILES string of the molecule is CNS(=O)(=O)CCN1C(=O)NC(=O)C1=O. The van der Waals surface area contributed by atoms with E-state index in [-0.39, 0.29) is 6.54 Å². The van der Waals surface area contributed by atoms with Gasteiger partial charge in [0, 0.05) is 6.54 Å². The number of nitrogens with zero attached hydrogens (tertiary/aromatic N) is 1. The second-order valence-electron chi connectivity index (χ2n) is 2.74. The first-order valence-corrected chi connectivity index (χ1v) is 5.60. The second-order valence-corrected chi connectivity index (χ2v) is 4.79. The molecule has 0 aromatic carbocycles. The van der Waals surface area contributed by atoms with Gasteiger partial charge in [-0.1, -0.05) is 0 Å². The Kier molecular flexibility index (Phi) is 3.05. The van der Waals surface area contributed by atoms with Crippen molar-refractivity contribution in [1.82, 2.24) is 14.9 Å². The topological polar surface area (TPSA) is 113 Å². The van der Waals surface area contributed by atoms with Crippen LogP contribution in [0.25, 0.3) is 0 Å². The number of carbonyl (C=O) groups excluding carboxylic acids is 3. The van der Waals surface area contributed by atoms with Gasteiger partial charge in [-0.25, -0.2) is 17.9 Å². The fraction of sp³-hybridized carbons (Fsp3) is 0.500. The Morgan fingerprint density at radius 2 is 1.93 bits per heavy atom. The van der Waals surface area contributed by atoms with Crippen LogP contribution in [-0.4, -0.2) is 50.5 Å². The lowest BCUT2D eigenvalue weighted by Crippen LogP contribution is -2.37. The van der Waals surface area contributed by atoms with Crippen molar-refractivity contribution in [2.75, 3.05) is 19.3 Å². The minimum atomic E-state index is -3.51. The molecule has 1 heterocycles. The van der Waals surface area contributed by atoms with Gasteiger partial charge in [0.15, 0.2) is 0 Å². The summed E-state index contributed by atoms with van der Waals surface area (Å²) < 4.78 is 24.0. The van der Waals surface area contributed by atoms with Crippen LogP contribution in [0.4, 0.5) is 4.79 Å². The molecule has 1 aliphatic rings. The summed E-state index contributed by atoms with van der Waals surface area (Å²) in [6.07, 6.45) is 0. The van der Waals surface area contributed by atoms with Crippen LogP contribution in [0.5, 0.6) is 0 Å². The molecule has 1 rings (SSSR count). The van der Waals surface area contributed by atoms with Crippen molar-refractivity contribution in [3.63, 3.8) is 0 Å². The summed E-state index contributed by atoms with van der Waals surface area (Å²) in [6.45, 7) is -0.348. The van der Waals surface area contributed by atoms with Crippen LogP contribution < -0.4 is 10.0 Å². The molecule has 15 heavy (non-hydrogen) atoms. The van der Waals surface area contributed by atoms with E-state index in [1.165, 1.54) is 7.05 Å². The number of imide groups is 2. The monoisotopic (exact) mass is 235 g/mol. The molecule has 8 nitrogen and oxygen atoms in total. The van der Waals surface area contributed by atoms with Crippen molar-refractivity contribution in [3.05, 3.63) is 0 Å². The molecule has 0 atom stereocenters. The summed E-state index contributed by atoms with van der Waals surface area (Å²) in [4.78, 5) is 33.2. The Hall–Kier alpha value is -1.48. The maximum absolute atomic E-state index is 11.0. The van der Waals surface area contributed by atoms with Crippen molar-refractivity contribution in [3.8, 4) is 0 Å². The van der Waals surface area contributed by atoms with Gasteiger partial charge in [0.05, 0.1) is 5.75 Å². The van der Waals surface area contributed by atoms with E-state index in [4.69, 9.17) is 0 Å². The van der Waals surface area contributed by atoms with E-state index < -0.39 is 33.6 Å². The number of amides is 4. The van der Waals surface area contributed by atoms with E-state index in [0.29, 0.717) is 4.90 Å². The van der Waals surface area contributed by atoms with E-state index >= 15 is 0 Å². The predicted molar refractivity (Wildman–Crippen MR) is 48.1 cm³/mol. The zero-order valence-electron chi connectivity index (χ0n) is 7.81. The summed E-state index contributed by atoms with van der Waals surface area (Å²) in [6, 6.07) is -0.892. The van der Waals surface area contributed by atoms with Gasteiger partial charge < -0.3 is 0 Å². The van der Waals surface area contributed by atoms with Gasteiger partial charge in [0.25, 0.3) is 0 Å². The average Bonchev–Trinajstić information content (AvgIpc) is 2.39. The van der Waals surface area contributed by atoms with Crippen molar-refractivity contribution >= 4 is 27.9 Å². The van der Waals surface area contributed by atoms with E-state index in [1.54, 1.807) is 5.32 Å². The molecule has 0 aliphatic carbocycles. The number of carbonyl (C=O) groups is 3. The first-order chi connectivity index (χ1) is 6.87. The minimum absolute atomic E-state index is 0.348. The maximum Gasteiger partial charge on any atom is 0.331 e. The Bertz CT molecular complexity index is 414. The molecule has 84 valence electrons. The summed E-state index contributed by atoms with van der Waals surface area (Å²) in [5.41, 5.74) is 0. The molecule has 1 aliphatic heterocycles. The molecule has 4 amide bonds. The van der Waals surface area contributed by atoms with Crippen molar-refractivity contribution < 1.29 is 22.8 Å². The van der Waals surface area contributed by atoms with Gasteiger partial charge in [-0.05, 0) is 7.05 Å². The fourth-order valence-corrected chi connectivity index (χ4v) is 1.58. The van der Waals surface area contributed by atoms with Gasteiger partial charge in [0.1, 0.15) is 0 Å². The molecular formula is C6H9N3O5S. The molecule has 1 saturated heterocycles. The highest BCUT2D eigenvalue weighted by molar-refractivity contribution is 7.89. The third kappa shape index (κ3) is 2.50. The third-order valence-corrected chi connectivity index (χ3v) is 3.14. The third-order valence-electron chi connectivity index (χ3n) is 1.80. The van der Waals surface area contributed by atoms with Crippen LogP contribution in [0.15, 0.2) is 0 Å². The van der Waals surface area contributed by atoms with E-state index in [1.807, 2.05) is 4.72 Å². The molecule has 0 saturated carbocycles. The molecular weight excluding hydrogens is 226 g/mol. The lowest BCUT2D eigenvalue weighted by Gasteiger charge is -2.10. The number of hydrogen-bond acceptors (Lipinski definition) is 5. The lowest BCUT2D eigenvalue weighted by molar-refractivity contribution is -0.140. The standard InChI is InChI=1S/C6H9N3O5S/c1-7-15(13,14)3-2-9-5(11)4(10)8-6(9)12/h7H,2-3H2,1H3,(H,8,10,12). The maximum atomic E-state index is 11.0. The normalized spacial score (nSPS) is 17.1. The van der Waals surface area contributed by atoms with E-state index in [9.17, 15) is 22.8 Å². The summed E-state index contributed by atoms with van der Waals surface area (Å²) >= 11 is 0. The zero-order valence-corrected chi connectivity index (χ0v) is 8.63. The number of urea groups is 1. The summed E-state index contributed by atoms with van der Waals surface area (Å²) in [5, 5.41) is 1.75. The van der Waals surface area contributed by atoms with Crippen LogP contribution >= 0.6 is 0 Å². The second kappa shape index (κ2) is 3.95. The largest absolute Gasteiger partial charge is 0.331 e. The number of rotatable bonds is 4. The van der Waals surface area contributed by atoms with Crippen LogP contribution in [0.3, 0.4) is 0 Å². The van der Waals surface area contributed by atoms with Gasteiger partial charge in [-0.15, -0.1) is 0 Å². The fourth-order valence-electron chi connectivity index (χ4n) is 0.949. The molecule has 0 unspecified atom stereocenters. The molecule has 9 heteroatoms. The van der Waals surface area contributed by atoms with E-state index in [0.717, 1.165) is 0 Å². The Morgan fingerprint density at radius 3 is 2.33 bits per heavy atom.